The van der Waals surface area contributed by atoms with Gasteiger partial charge in [-0.1, -0.05) is 42.5 Å². The van der Waals surface area contributed by atoms with Crippen molar-refractivity contribution in [1.29, 1.82) is 5.26 Å². The number of nitrogens with zero attached hydrogens (tertiary/aromatic N) is 1. The molecular formula is C27H19N3O7. The number of amides is 1. The first-order chi connectivity index (χ1) is 17.9. The third kappa shape index (κ3) is 5.32. The highest BCUT2D eigenvalue weighted by molar-refractivity contribution is 6.11. The molecule has 0 spiro atoms. The molecule has 10 heteroatoms. The molecule has 184 valence electrons. The third-order valence-corrected chi connectivity index (χ3v) is 5.30. The highest BCUT2D eigenvalue weighted by atomic mass is 16.6. The van der Waals surface area contributed by atoms with Gasteiger partial charge in [0.25, 0.3) is 5.91 Å². The standard InChI is InChI=1S/C27H19N3O7/c28-14-21-22(31)10-9-20(23(21)25(32)30-29)26(33)37-27(34)24-19(11-12-35-24)17-7-4-8-18(13-17)36-15-16-5-2-1-3-6-16/h1-13,31H,15,29H2,(H,30,32). The fourth-order valence-corrected chi connectivity index (χ4v) is 3.56. The van der Waals surface area contributed by atoms with Crippen LogP contribution in [0.2, 0.25) is 0 Å². The van der Waals surface area contributed by atoms with Crippen LogP contribution >= 0.6 is 0 Å². The van der Waals surface area contributed by atoms with Crippen molar-refractivity contribution >= 4 is 17.8 Å². The minimum atomic E-state index is -1.25. The second-order valence-corrected chi connectivity index (χ2v) is 7.61. The van der Waals surface area contributed by atoms with Gasteiger partial charge in [-0.05, 0) is 41.5 Å². The lowest BCUT2D eigenvalue weighted by atomic mass is 10.00. The number of carbonyl (C=O) groups is 3. The van der Waals surface area contributed by atoms with Gasteiger partial charge in [-0.3, -0.25) is 10.2 Å². The van der Waals surface area contributed by atoms with Gasteiger partial charge in [0.15, 0.2) is 0 Å². The summed E-state index contributed by atoms with van der Waals surface area (Å²) in [4.78, 5) is 37.8. The molecule has 4 rings (SSSR count). The Kier molecular flexibility index (Phi) is 7.28. The first kappa shape index (κ1) is 24.7. The summed E-state index contributed by atoms with van der Waals surface area (Å²) in [7, 11) is 0. The summed E-state index contributed by atoms with van der Waals surface area (Å²) in [6.45, 7) is 0.342. The van der Waals surface area contributed by atoms with E-state index in [2.05, 4.69) is 0 Å². The normalized spacial score (nSPS) is 10.3. The smallest absolute Gasteiger partial charge is 0.382 e. The average molecular weight is 497 g/mol. The molecule has 4 aromatic rings. The fourth-order valence-electron chi connectivity index (χ4n) is 3.56. The highest BCUT2D eigenvalue weighted by Crippen LogP contribution is 2.30. The second kappa shape index (κ2) is 10.9. The van der Waals surface area contributed by atoms with Gasteiger partial charge >= 0.3 is 11.9 Å². The van der Waals surface area contributed by atoms with Gasteiger partial charge in [0.05, 0.1) is 17.4 Å². The predicted molar refractivity (Wildman–Crippen MR) is 129 cm³/mol. The number of furan rings is 1. The number of hydrogen-bond acceptors (Lipinski definition) is 9. The fraction of sp³-hybridized carbons (Fsp3) is 0.0370. The topological polar surface area (TPSA) is 165 Å². The Balaban J connectivity index is 1.56. The first-order valence-electron chi connectivity index (χ1n) is 10.8. The van der Waals surface area contributed by atoms with Crippen molar-refractivity contribution in [2.24, 2.45) is 5.84 Å². The molecule has 0 saturated heterocycles. The molecule has 1 aromatic heterocycles. The maximum Gasteiger partial charge on any atom is 0.382 e. The van der Waals surface area contributed by atoms with E-state index >= 15 is 0 Å². The van der Waals surface area contributed by atoms with Crippen LogP contribution in [0.25, 0.3) is 11.1 Å². The number of nitrogens with two attached hydrogens (primary N) is 1. The Bertz CT molecular complexity index is 1520. The van der Waals surface area contributed by atoms with Gasteiger partial charge < -0.3 is 19.0 Å². The number of rotatable bonds is 7. The zero-order valence-electron chi connectivity index (χ0n) is 19.1. The van der Waals surface area contributed by atoms with Gasteiger partial charge in [0, 0.05) is 5.56 Å². The van der Waals surface area contributed by atoms with Crippen LogP contribution in [0.4, 0.5) is 0 Å². The van der Waals surface area contributed by atoms with Gasteiger partial charge in [0.2, 0.25) is 5.76 Å². The monoisotopic (exact) mass is 497 g/mol. The van der Waals surface area contributed by atoms with Crippen molar-refractivity contribution in [3.63, 3.8) is 0 Å². The van der Waals surface area contributed by atoms with E-state index in [1.807, 2.05) is 30.3 Å². The van der Waals surface area contributed by atoms with E-state index in [1.54, 1.807) is 35.8 Å². The van der Waals surface area contributed by atoms with E-state index < -0.39 is 40.3 Å². The number of nitrogens with one attached hydrogen (secondary N) is 1. The minimum Gasteiger partial charge on any atom is -0.507 e. The van der Waals surface area contributed by atoms with Crippen molar-refractivity contribution in [2.45, 2.75) is 6.61 Å². The zero-order valence-corrected chi connectivity index (χ0v) is 19.1. The zero-order chi connectivity index (χ0) is 26.4. The molecule has 10 nitrogen and oxygen atoms in total. The highest BCUT2D eigenvalue weighted by Gasteiger charge is 2.28. The SMILES string of the molecule is N#Cc1c(O)ccc(C(=O)OC(=O)c2occc2-c2cccc(OCc3ccccc3)c2)c1C(=O)NN. The van der Waals surface area contributed by atoms with Gasteiger partial charge in [0.1, 0.15) is 29.7 Å². The van der Waals surface area contributed by atoms with Crippen molar-refractivity contribution in [2.75, 3.05) is 0 Å². The Morgan fingerprint density at radius 3 is 2.51 bits per heavy atom. The number of nitriles is 1. The molecular weight excluding hydrogens is 478 g/mol. The maximum absolute atomic E-state index is 12.8. The van der Waals surface area contributed by atoms with Crippen molar-refractivity contribution < 1.29 is 33.4 Å². The average Bonchev–Trinajstić information content (AvgIpc) is 3.42. The van der Waals surface area contributed by atoms with Crippen LogP contribution in [-0.4, -0.2) is 23.0 Å². The molecule has 0 bridgehead atoms. The summed E-state index contributed by atoms with van der Waals surface area (Å²) in [5.41, 5.74) is 2.19. The summed E-state index contributed by atoms with van der Waals surface area (Å²) in [6, 6.07) is 21.7. The van der Waals surface area contributed by atoms with Crippen LogP contribution in [-0.2, 0) is 11.3 Å². The lowest BCUT2D eigenvalue weighted by molar-refractivity contribution is 0.0374. The van der Waals surface area contributed by atoms with E-state index in [4.69, 9.17) is 19.7 Å². The van der Waals surface area contributed by atoms with Crippen molar-refractivity contribution in [1.82, 2.24) is 5.43 Å². The first-order valence-corrected chi connectivity index (χ1v) is 10.8. The van der Waals surface area contributed by atoms with Gasteiger partial charge in [-0.2, -0.15) is 5.26 Å². The molecule has 1 heterocycles. The third-order valence-electron chi connectivity index (χ3n) is 5.30. The summed E-state index contributed by atoms with van der Waals surface area (Å²) >= 11 is 0. The van der Waals surface area contributed by atoms with E-state index in [1.165, 1.54) is 12.3 Å². The number of phenols is 1. The number of ether oxygens (including phenoxy) is 2. The minimum absolute atomic E-state index is 0.266. The molecule has 0 radical (unpaired) electrons. The summed E-state index contributed by atoms with van der Waals surface area (Å²) in [6.07, 6.45) is 1.26. The Morgan fingerprint density at radius 2 is 1.78 bits per heavy atom. The lowest BCUT2D eigenvalue weighted by Crippen LogP contribution is -2.32. The second-order valence-electron chi connectivity index (χ2n) is 7.61. The van der Waals surface area contributed by atoms with E-state index in [0.29, 0.717) is 23.5 Å². The number of phenolic OH excluding ortho intramolecular Hbond substituents is 1. The lowest BCUT2D eigenvalue weighted by Gasteiger charge is -2.11. The number of hydrogen-bond donors (Lipinski definition) is 3. The summed E-state index contributed by atoms with van der Waals surface area (Å²) in [5.74, 6) is 1.46. The number of aromatic hydroxyl groups is 1. The predicted octanol–water partition coefficient (Wildman–Crippen LogP) is 3.70. The Labute approximate surface area is 210 Å². The number of carbonyl (C=O) groups excluding carboxylic acids is 3. The van der Waals surface area contributed by atoms with Gasteiger partial charge in [-0.15, -0.1) is 0 Å². The molecule has 4 N–H and O–H groups in total. The molecule has 0 atom stereocenters. The summed E-state index contributed by atoms with van der Waals surface area (Å²) in [5, 5.41) is 19.2. The summed E-state index contributed by atoms with van der Waals surface area (Å²) < 4.78 is 16.1. The van der Waals surface area contributed by atoms with Crippen molar-refractivity contribution in [3.8, 4) is 28.7 Å². The molecule has 0 aliphatic heterocycles. The molecule has 0 aliphatic rings. The number of nitrogen functional groups attached to an aromatic ring is 1. The molecule has 0 saturated carbocycles. The maximum atomic E-state index is 12.8. The molecule has 1 amide bonds. The molecule has 37 heavy (non-hydrogen) atoms. The molecule has 3 aromatic carbocycles. The van der Waals surface area contributed by atoms with E-state index in [0.717, 1.165) is 17.7 Å². The van der Waals surface area contributed by atoms with Crippen LogP contribution in [0.15, 0.2) is 83.5 Å². The van der Waals surface area contributed by atoms with Crippen LogP contribution in [0.3, 0.4) is 0 Å². The van der Waals surface area contributed by atoms with Crippen molar-refractivity contribution in [3.05, 3.63) is 107 Å². The quantitative estimate of drug-likeness (QED) is 0.113. The number of esters is 2. The van der Waals surface area contributed by atoms with E-state index in [9.17, 15) is 24.8 Å². The van der Waals surface area contributed by atoms with Crippen LogP contribution in [0.5, 0.6) is 11.5 Å². The molecule has 0 fully saturated rings. The van der Waals surface area contributed by atoms with Crippen LogP contribution < -0.4 is 16.0 Å². The van der Waals surface area contributed by atoms with Crippen LogP contribution in [0.1, 0.15) is 42.4 Å². The largest absolute Gasteiger partial charge is 0.507 e. The molecule has 0 unspecified atom stereocenters. The van der Waals surface area contributed by atoms with Crippen LogP contribution in [0, 0.1) is 11.3 Å². The molecule has 0 aliphatic carbocycles. The Morgan fingerprint density at radius 1 is 1.00 bits per heavy atom. The number of benzene rings is 3. The number of hydrazine groups is 1. The Hall–Kier alpha value is -5.40. The van der Waals surface area contributed by atoms with E-state index in [-0.39, 0.29) is 5.76 Å². The van der Waals surface area contributed by atoms with Gasteiger partial charge in [-0.25, -0.2) is 15.4 Å².